The third kappa shape index (κ3) is 5.87. The predicted octanol–water partition coefficient (Wildman–Crippen LogP) is 2.83. The molecule has 1 aromatic carbocycles. The smallest absolute Gasteiger partial charge is 0.252 e. The summed E-state index contributed by atoms with van der Waals surface area (Å²) in [6, 6.07) is 3.47. The zero-order valence-electron chi connectivity index (χ0n) is 15.1. The summed E-state index contributed by atoms with van der Waals surface area (Å²) in [4.78, 5) is 14.2. The first-order chi connectivity index (χ1) is 12.0. The Balaban J connectivity index is 1.92. The number of carbonyl (C=O) groups is 1. The summed E-state index contributed by atoms with van der Waals surface area (Å²) in [5, 5.41) is 0.530. The lowest BCUT2D eigenvalue weighted by Crippen LogP contribution is -2.35. The van der Waals surface area contributed by atoms with Gasteiger partial charge in [0.2, 0.25) is 0 Å². The highest BCUT2D eigenvalue weighted by molar-refractivity contribution is 6.31. The number of halogens is 1. The average molecular weight is 368 g/mol. The quantitative estimate of drug-likeness (QED) is 0.657. The number of benzene rings is 1. The number of rotatable bonds is 9. The van der Waals surface area contributed by atoms with Gasteiger partial charge in [-0.1, -0.05) is 18.0 Å². The maximum absolute atomic E-state index is 11.6. The number of nitrogens with two attached hydrogens (primary N) is 2. The van der Waals surface area contributed by atoms with Crippen LogP contribution in [0.1, 0.15) is 48.0 Å². The van der Waals surface area contributed by atoms with Crippen LogP contribution in [-0.2, 0) is 6.42 Å². The van der Waals surface area contributed by atoms with Gasteiger partial charge in [0.05, 0.1) is 12.7 Å². The first-order valence-electron chi connectivity index (χ1n) is 9.13. The molecule has 1 aromatic rings. The van der Waals surface area contributed by atoms with Gasteiger partial charge in [0.1, 0.15) is 5.75 Å². The molecule has 0 spiro atoms. The van der Waals surface area contributed by atoms with Gasteiger partial charge in [-0.15, -0.1) is 0 Å². The van der Waals surface area contributed by atoms with E-state index in [4.69, 9.17) is 27.8 Å². The standard InChI is InChI=1S/C19H30ClN3O2/c1-25-18-15(12-16(20)13-17(18)19(22)24)11-14-5-9-23(10-6-14)8-4-2-3-7-21/h12-14H,2-11,21H2,1H3,(H2,22,24). The minimum atomic E-state index is -0.507. The Bertz CT molecular complexity index is 572. The van der Waals surface area contributed by atoms with E-state index in [1.165, 1.54) is 19.4 Å². The molecule has 25 heavy (non-hydrogen) atoms. The van der Waals surface area contributed by atoms with Crippen LogP contribution >= 0.6 is 11.6 Å². The van der Waals surface area contributed by atoms with Gasteiger partial charge >= 0.3 is 0 Å². The number of nitrogens with zero attached hydrogens (tertiary/aromatic N) is 1. The van der Waals surface area contributed by atoms with Crippen molar-refractivity contribution >= 4 is 17.5 Å². The van der Waals surface area contributed by atoms with Crippen LogP contribution in [0.15, 0.2) is 12.1 Å². The number of amides is 1. The third-order valence-electron chi connectivity index (χ3n) is 4.99. The van der Waals surface area contributed by atoms with Crippen molar-refractivity contribution in [3.63, 3.8) is 0 Å². The summed E-state index contributed by atoms with van der Waals surface area (Å²) in [6.07, 6.45) is 6.73. The summed E-state index contributed by atoms with van der Waals surface area (Å²) in [6.45, 7) is 4.20. The number of hydrogen-bond donors (Lipinski definition) is 2. The molecule has 4 N–H and O–H groups in total. The number of ether oxygens (including phenoxy) is 1. The monoisotopic (exact) mass is 367 g/mol. The van der Waals surface area contributed by atoms with Gasteiger partial charge < -0.3 is 21.1 Å². The van der Waals surface area contributed by atoms with Crippen molar-refractivity contribution < 1.29 is 9.53 Å². The molecule has 1 aliphatic rings. The van der Waals surface area contributed by atoms with Gasteiger partial charge in [0, 0.05) is 5.02 Å². The molecule has 2 rings (SSSR count). The second kappa shape index (κ2) is 10.00. The third-order valence-corrected chi connectivity index (χ3v) is 5.21. The molecule has 0 aromatic heterocycles. The zero-order valence-corrected chi connectivity index (χ0v) is 15.9. The molecule has 6 heteroatoms. The Morgan fingerprint density at radius 2 is 2.00 bits per heavy atom. The summed E-state index contributed by atoms with van der Waals surface area (Å²) < 4.78 is 5.45. The van der Waals surface area contributed by atoms with Crippen molar-refractivity contribution in [1.82, 2.24) is 4.90 Å². The number of likely N-dealkylation sites (tertiary alicyclic amines) is 1. The lowest BCUT2D eigenvalue weighted by molar-refractivity contribution is 0.0997. The van der Waals surface area contributed by atoms with Crippen molar-refractivity contribution in [3.05, 3.63) is 28.3 Å². The highest BCUT2D eigenvalue weighted by Crippen LogP contribution is 2.32. The van der Waals surface area contributed by atoms with Crippen LogP contribution < -0.4 is 16.2 Å². The van der Waals surface area contributed by atoms with Crippen LogP contribution in [0.25, 0.3) is 0 Å². The maximum Gasteiger partial charge on any atom is 0.252 e. The van der Waals surface area contributed by atoms with Crippen LogP contribution in [0, 0.1) is 5.92 Å². The molecular formula is C19H30ClN3O2. The van der Waals surface area contributed by atoms with Crippen molar-refractivity contribution in [3.8, 4) is 5.75 Å². The Hall–Kier alpha value is -1.30. The minimum absolute atomic E-state index is 0.363. The fourth-order valence-corrected chi connectivity index (χ4v) is 3.85. The number of unbranched alkanes of at least 4 members (excludes halogenated alkanes) is 2. The maximum atomic E-state index is 11.6. The van der Waals surface area contributed by atoms with Crippen LogP contribution in [0.5, 0.6) is 5.75 Å². The van der Waals surface area contributed by atoms with Crippen LogP contribution in [0.4, 0.5) is 0 Å². The lowest BCUT2D eigenvalue weighted by Gasteiger charge is -2.32. The number of methoxy groups -OCH3 is 1. The highest BCUT2D eigenvalue weighted by atomic mass is 35.5. The highest BCUT2D eigenvalue weighted by Gasteiger charge is 2.22. The van der Waals surface area contributed by atoms with Crippen molar-refractivity contribution in [2.75, 3.05) is 33.3 Å². The van der Waals surface area contributed by atoms with Gasteiger partial charge in [-0.2, -0.15) is 0 Å². The Morgan fingerprint density at radius 1 is 1.28 bits per heavy atom. The van der Waals surface area contributed by atoms with E-state index >= 15 is 0 Å². The molecule has 0 radical (unpaired) electrons. The van der Waals surface area contributed by atoms with Gasteiger partial charge in [-0.3, -0.25) is 4.79 Å². The predicted molar refractivity (Wildman–Crippen MR) is 102 cm³/mol. The largest absolute Gasteiger partial charge is 0.496 e. The van der Waals surface area contributed by atoms with E-state index in [9.17, 15) is 4.79 Å². The van der Waals surface area contributed by atoms with Gasteiger partial charge in [0.25, 0.3) is 5.91 Å². The number of primary amides is 1. The Morgan fingerprint density at radius 3 is 2.60 bits per heavy atom. The SMILES string of the molecule is COc1c(CC2CCN(CCCCCN)CC2)cc(Cl)cc1C(N)=O. The molecule has 0 atom stereocenters. The summed E-state index contributed by atoms with van der Waals surface area (Å²) in [5.74, 6) is 0.641. The van der Waals surface area contributed by atoms with Crippen molar-refractivity contribution in [2.24, 2.45) is 17.4 Å². The minimum Gasteiger partial charge on any atom is -0.496 e. The normalized spacial score (nSPS) is 16.1. The van der Waals surface area contributed by atoms with Gasteiger partial charge in [-0.25, -0.2) is 0 Å². The molecule has 0 saturated carbocycles. The van der Waals surface area contributed by atoms with E-state index in [0.29, 0.717) is 22.3 Å². The van der Waals surface area contributed by atoms with Crippen LogP contribution in [0.3, 0.4) is 0 Å². The van der Waals surface area contributed by atoms with Gasteiger partial charge in [-0.05, 0) is 81.9 Å². The van der Waals surface area contributed by atoms with E-state index in [1.807, 2.05) is 6.07 Å². The molecule has 140 valence electrons. The van der Waals surface area contributed by atoms with E-state index in [-0.39, 0.29) is 0 Å². The zero-order chi connectivity index (χ0) is 18.2. The number of piperidine rings is 1. The Labute approximate surface area is 155 Å². The molecule has 1 aliphatic heterocycles. The van der Waals surface area contributed by atoms with Crippen molar-refractivity contribution in [1.29, 1.82) is 0 Å². The first kappa shape index (κ1) is 20.0. The van der Waals surface area contributed by atoms with E-state index in [1.54, 1.807) is 13.2 Å². The fourth-order valence-electron chi connectivity index (χ4n) is 3.61. The molecule has 0 aliphatic carbocycles. The molecule has 0 unspecified atom stereocenters. The number of hydrogen-bond acceptors (Lipinski definition) is 4. The average Bonchev–Trinajstić information content (AvgIpc) is 2.59. The molecular weight excluding hydrogens is 338 g/mol. The molecule has 5 nitrogen and oxygen atoms in total. The van der Waals surface area contributed by atoms with E-state index in [2.05, 4.69) is 4.90 Å². The molecule has 1 fully saturated rings. The topological polar surface area (TPSA) is 81.6 Å². The molecule has 1 heterocycles. The molecule has 0 bridgehead atoms. The summed E-state index contributed by atoms with van der Waals surface area (Å²) in [7, 11) is 1.57. The second-order valence-electron chi connectivity index (χ2n) is 6.85. The fraction of sp³-hybridized carbons (Fsp3) is 0.632. The van der Waals surface area contributed by atoms with E-state index in [0.717, 1.165) is 50.9 Å². The first-order valence-corrected chi connectivity index (χ1v) is 9.51. The second-order valence-corrected chi connectivity index (χ2v) is 7.28. The van der Waals surface area contributed by atoms with Crippen molar-refractivity contribution in [2.45, 2.75) is 38.5 Å². The summed E-state index contributed by atoms with van der Waals surface area (Å²) in [5.41, 5.74) is 12.3. The van der Waals surface area contributed by atoms with Gasteiger partial charge in [0.15, 0.2) is 0 Å². The molecule has 1 saturated heterocycles. The lowest BCUT2D eigenvalue weighted by atomic mass is 9.89. The van der Waals surface area contributed by atoms with E-state index < -0.39 is 5.91 Å². The molecule has 1 amide bonds. The summed E-state index contributed by atoms with van der Waals surface area (Å²) >= 11 is 6.17. The van der Waals surface area contributed by atoms with Crippen LogP contribution in [-0.4, -0.2) is 44.1 Å². The number of carbonyl (C=O) groups excluding carboxylic acids is 1. The van der Waals surface area contributed by atoms with Crippen LogP contribution in [0.2, 0.25) is 5.02 Å². The Kier molecular flexibility index (Phi) is 8.00.